The fourth-order valence-corrected chi connectivity index (χ4v) is 3.22. The maximum Gasteiger partial charge on any atom is 0.257 e. The van der Waals surface area contributed by atoms with Gasteiger partial charge in [0.1, 0.15) is 0 Å². The molecule has 5 heteroatoms. The summed E-state index contributed by atoms with van der Waals surface area (Å²) in [5.41, 5.74) is 0.654. The van der Waals surface area contributed by atoms with E-state index < -0.39 is 0 Å². The van der Waals surface area contributed by atoms with Crippen LogP contribution in [0.1, 0.15) is 24.2 Å². The number of hydrogen-bond donors (Lipinski definition) is 1. The monoisotopic (exact) mass is 225 g/mol. The number of aromatic nitrogens is 2. The number of hydrogen-bond acceptors (Lipinski definition) is 3. The van der Waals surface area contributed by atoms with Gasteiger partial charge in [-0.25, -0.2) is 0 Å². The van der Waals surface area contributed by atoms with E-state index in [0.717, 1.165) is 13.1 Å². The van der Waals surface area contributed by atoms with Crippen LogP contribution in [0.3, 0.4) is 0 Å². The van der Waals surface area contributed by atoms with E-state index in [9.17, 15) is 4.79 Å². The van der Waals surface area contributed by atoms with E-state index in [1.807, 2.05) is 16.7 Å². The number of aromatic amines is 1. The van der Waals surface area contributed by atoms with Gasteiger partial charge < -0.3 is 4.90 Å². The predicted octanol–water partition coefficient (Wildman–Crippen LogP) is 1.38. The SMILES string of the molecule is CC1CN(C(=O)c2cn[nH]c2)CC(C)S1. The molecule has 1 aromatic rings. The zero-order valence-electron chi connectivity index (χ0n) is 8.93. The van der Waals surface area contributed by atoms with Crippen LogP contribution in [0.4, 0.5) is 0 Å². The number of carbonyl (C=O) groups excluding carboxylic acids is 1. The molecule has 1 N–H and O–H groups in total. The Morgan fingerprint density at radius 3 is 2.73 bits per heavy atom. The number of carbonyl (C=O) groups is 1. The maximum atomic E-state index is 12.0. The van der Waals surface area contributed by atoms with Gasteiger partial charge in [-0.1, -0.05) is 13.8 Å². The minimum atomic E-state index is 0.0859. The lowest BCUT2D eigenvalue weighted by atomic mass is 10.2. The van der Waals surface area contributed by atoms with Crippen molar-refractivity contribution in [3.63, 3.8) is 0 Å². The molecule has 0 radical (unpaired) electrons. The van der Waals surface area contributed by atoms with Crippen LogP contribution in [0.15, 0.2) is 12.4 Å². The first-order chi connectivity index (χ1) is 7.16. The average molecular weight is 225 g/mol. The van der Waals surface area contributed by atoms with Crippen LogP contribution < -0.4 is 0 Å². The fraction of sp³-hybridized carbons (Fsp3) is 0.600. The van der Waals surface area contributed by atoms with Gasteiger partial charge in [0.25, 0.3) is 5.91 Å². The summed E-state index contributed by atoms with van der Waals surface area (Å²) in [5, 5.41) is 7.50. The van der Waals surface area contributed by atoms with Gasteiger partial charge in [-0.15, -0.1) is 0 Å². The van der Waals surface area contributed by atoms with Gasteiger partial charge in [0.15, 0.2) is 0 Å². The van der Waals surface area contributed by atoms with E-state index in [4.69, 9.17) is 0 Å². The van der Waals surface area contributed by atoms with Crippen LogP contribution in [0.2, 0.25) is 0 Å². The van der Waals surface area contributed by atoms with E-state index in [-0.39, 0.29) is 5.91 Å². The lowest BCUT2D eigenvalue weighted by molar-refractivity contribution is 0.0753. The molecular weight excluding hydrogens is 210 g/mol. The van der Waals surface area contributed by atoms with Gasteiger partial charge in [-0.3, -0.25) is 9.89 Å². The molecule has 0 aromatic carbocycles. The Kier molecular flexibility index (Phi) is 3.00. The first-order valence-corrected chi connectivity index (χ1v) is 6.04. The Morgan fingerprint density at radius 1 is 1.53 bits per heavy atom. The number of amides is 1. The molecule has 0 aliphatic carbocycles. The Balaban J connectivity index is 2.07. The Labute approximate surface area is 93.4 Å². The van der Waals surface area contributed by atoms with Gasteiger partial charge in [0.05, 0.1) is 11.8 Å². The van der Waals surface area contributed by atoms with Crippen LogP contribution in [-0.2, 0) is 0 Å². The molecule has 2 unspecified atom stereocenters. The average Bonchev–Trinajstić information content (AvgIpc) is 2.67. The first-order valence-electron chi connectivity index (χ1n) is 5.10. The molecule has 0 saturated carbocycles. The number of nitrogens with zero attached hydrogens (tertiary/aromatic N) is 2. The molecule has 2 atom stereocenters. The van der Waals surface area contributed by atoms with E-state index >= 15 is 0 Å². The van der Waals surface area contributed by atoms with Crippen molar-refractivity contribution in [1.29, 1.82) is 0 Å². The second-order valence-corrected chi connectivity index (χ2v) is 5.84. The Hall–Kier alpha value is -0.970. The second-order valence-electron chi connectivity index (χ2n) is 3.95. The van der Waals surface area contributed by atoms with Crippen molar-refractivity contribution >= 4 is 17.7 Å². The molecule has 4 nitrogen and oxygen atoms in total. The van der Waals surface area contributed by atoms with Gasteiger partial charge >= 0.3 is 0 Å². The highest BCUT2D eigenvalue weighted by atomic mass is 32.2. The molecule has 0 spiro atoms. The van der Waals surface area contributed by atoms with Gasteiger partial charge in [0, 0.05) is 29.8 Å². The third-order valence-electron chi connectivity index (χ3n) is 2.45. The van der Waals surface area contributed by atoms with E-state index in [2.05, 4.69) is 24.0 Å². The second kappa shape index (κ2) is 4.26. The lowest BCUT2D eigenvalue weighted by Crippen LogP contribution is -2.43. The van der Waals surface area contributed by atoms with E-state index in [1.165, 1.54) is 0 Å². The lowest BCUT2D eigenvalue weighted by Gasteiger charge is -2.34. The molecule has 2 rings (SSSR count). The van der Waals surface area contributed by atoms with Gasteiger partial charge in [0.2, 0.25) is 0 Å². The van der Waals surface area contributed by atoms with Crippen LogP contribution in [0, 0.1) is 0 Å². The topological polar surface area (TPSA) is 49.0 Å². The quantitative estimate of drug-likeness (QED) is 0.785. The van der Waals surface area contributed by atoms with Crippen LogP contribution >= 0.6 is 11.8 Å². The normalized spacial score (nSPS) is 26.7. The summed E-state index contributed by atoms with van der Waals surface area (Å²) >= 11 is 1.94. The third-order valence-corrected chi connectivity index (χ3v) is 3.68. The maximum absolute atomic E-state index is 12.0. The molecule has 15 heavy (non-hydrogen) atoms. The highest BCUT2D eigenvalue weighted by molar-refractivity contribution is 8.00. The van der Waals surface area contributed by atoms with Crippen molar-refractivity contribution in [1.82, 2.24) is 15.1 Å². The van der Waals surface area contributed by atoms with Crippen molar-refractivity contribution in [2.75, 3.05) is 13.1 Å². The summed E-state index contributed by atoms with van der Waals surface area (Å²) in [4.78, 5) is 13.9. The number of thioether (sulfide) groups is 1. The molecule has 1 saturated heterocycles. The number of rotatable bonds is 1. The molecule has 2 heterocycles. The molecule has 82 valence electrons. The van der Waals surface area contributed by atoms with Crippen LogP contribution in [0.25, 0.3) is 0 Å². The standard InChI is InChI=1S/C10H15N3OS/c1-7-5-13(6-8(2)15-7)10(14)9-3-11-12-4-9/h3-4,7-8H,5-6H2,1-2H3,(H,11,12). The zero-order chi connectivity index (χ0) is 10.8. The Bertz CT molecular complexity index is 328. The minimum Gasteiger partial charge on any atom is -0.336 e. The fourth-order valence-electron chi connectivity index (χ4n) is 1.89. The molecule has 1 fully saturated rings. The summed E-state index contributed by atoms with van der Waals surface area (Å²) in [6, 6.07) is 0. The van der Waals surface area contributed by atoms with Crippen molar-refractivity contribution in [2.24, 2.45) is 0 Å². The molecule has 1 aromatic heterocycles. The van der Waals surface area contributed by atoms with E-state index in [1.54, 1.807) is 12.4 Å². The minimum absolute atomic E-state index is 0.0859. The summed E-state index contributed by atoms with van der Waals surface area (Å²) in [6.07, 6.45) is 3.23. The number of H-pyrrole nitrogens is 1. The van der Waals surface area contributed by atoms with Gasteiger partial charge in [-0.05, 0) is 0 Å². The summed E-state index contributed by atoms with van der Waals surface area (Å²) in [6.45, 7) is 5.99. The van der Waals surface area contributed by atoms with E-state index in [0.29, 0.717) is 16.1 Å². The number of nitrogens with one attached hydrogen (secondary N) is 1. The van der Waals surface area contributed by atoms with Crippen molar-refractivity contribution in [2.45, 2.75) is 24.3 Å². The van der Waals surface area contributed by atoms with Crippen molar-refractivity contribution < 1.29 is 4.79 Å². The first kappa shape index (κ1) is 10.5. The van der Waals surface area contributed by atoms with Gasteiger partial charge in [-0.2, -0.15) is 16.9 Å². The summed E-state index contributed by atoms with van der Waals surface area (Å²) in [5.74, 6) is 0.0859. The zero-order valence-corrected chi connectivity index (χ0v) is 9.75. The van der Waals surface area contributed by atoms with Crippen LogP contribution in [0.5, 0.6) is 0 Å². The third kappa shape index (κ3) is 2.34. The highest BCUT2D eigenvalue weighted by Crippen LogP contribution is 2.25. The smallest absolute Gasteiger partial charge is 0.257 e. The molecule has 1 aliphatic heterocycles. The molecular formula is C10H15N3OS. The molecule has 1 amide bonds. The molecule has 0 bridgehead atoms. The van der Waals surface area contributed by atoms with Crippen LogP contribution in [-0.4, -0.2) is 44.6 Å². The summed E-state index contributed by atoms with van der Waals surface area (Å²) < 4.78 is 0. The largest absolute Gasteiger partial charge is 0.336 e. The highest BCUT2D eigenvalue weighted by Gasteiger charge is 2.26. The predicted molar refractivity (Wildman–Crippen MR) is 61.0 cm³/mol. The van der Waals surface area contributed by atoms with Crippen molar-refractivity contribution in [3.8, 4) is 0 Å². The van der Waals surface area contributed by atoms with Crippen molar-refractivity contribution in [3.05, 3.63) is 18.0 Å². The summed E-state index contributed by atoms with van der Waals surface area (Å²) in [7, 11) is 0. The molecule has 1 aliphatic rings. The Morgan fingerprint density at radius 2 is 2.20 bits per heavy atom.